The first kappa shape index (κ1) is 17.8. The molecule has 1 fully saturated rings. The number of guanidine groups is 1. The maximum absolute atomic E-state index is 13.8. The normalized spacial score (nSPS) is 22.3. The first-order chi connectivity index (χ1) is 10.9. The fourth-order valence-corrected chi connectivity index (χ4v) is 3.09. The van der Waals surface area contributed by atoms with Crippen molar-refractivity contribution in [3.8, 4) is 0 Å². The largest absolute Gasteiger partial charge is 0.370 e. The van der Waals surface area contributed by atoms with Crippen molar-refractivity contribution in [1.29, 1.82) is 0 Å². The summed E-state index contributed by atoms with van der Waals surface area (Å²) in [6, 6.07) is 5.18. The molecular weight excluding hydrogens is 315 g/mol. The molecule has 2 unspecified atom stereocenters. The van der Waals surface area contributed by atoms with Gasteiger partial charge in [0.25, 0.3) is 0 Å². The molecule has 0 saturated carbocycles. The molecule has 1 heterocycles. The molecule has 6 heteroatoms. The van der Waals surface area contributed by atoms with Crippen molar-refractivity contribution >= 4 is 17.6 Å². The van der Waals surface area contributed by atoms with E-state index in [1.807, 2.05) is 13.0 Å². The van der Waals surface area contributed by atoms with Crippen LogP contribution in [-0.4, -0.2) is 37.5 Å². The Morgan fingerprint density at radius 2 is 2.30 bits per heavy atom. The maximum atomic E-state index is 13.8. The molecule has 3 N–H and O–H groups in total. The van der Waals surface area contributed by atoms with Gasteiger partial charge in [0.15, 0.2) is 5.96 Å². The van der Waals surface area contributed by atoms with Gasteiger partial charge in [0.05, 0.1) is 11.6 Å². The first-order valence-electron chi connectivity index (χ1n) is 7.72. The second-order valence-corrected chi connectivity index (χ2v) is 6.59. The minimum atomic E-state index is -0.376. The number of halogens is 2. The summed E-state index contributed by atoms with van der Waals surface area (Å²) >= 11 is 5.78. The minimum Gasteiger partial charge on any atom is -0.370 e. The predicted octanol–water partition coefficient (Wildman–Crippen LogP) is 2.95. The number of aliphatic imine (C=N–C) groups is 1. The van der Waals surface area contributed by atoms with Crippen molar-refractivity contribution in [3.05, 3.63) is 46.8 Å². The van der Waals surface area contributed by atoms with Crippen LogP contribution in [0.4, 0.5) is 4.39 Å². The summed E-state index contributed by atoms with van der Waals surface area (Å²) in [5.74, 6) is 0.376. The van der Waals surface area contributed by atoms with Crippen LogP contribution in [-0.2, 0) is 0 Å². The molecule has 2 rings (SSSR count). The molecule has 0 bridgehead atoms. The molecule has 0 spiro atoms. The highest BCUT2D eigenvalue weighted by Gasteiger charge is 2.33. The van der Waals surface area contributed by atoms with Crippen LogP contribution in [0.25, 0.3) is 0 Å². The zero-order valence-electron chi connectivity index (χ0n) is 13.6. The van der Waals surface area contributed by atoms with Crippen molar-refractivity contribution in [2.45, 2.75) is 19.4 Å². The Balaban J connectivity index is 2.04. The Morgan fingerprint density at radius 3 is 2.96 bits per heavy atom. The number of likely N-dealkylation sites (tertiary alicyclic amines) is 1. The summed E-state index contributed by atoms with van der Waals surface area (Å²) in [4.78, 5) is 6.45. The fourth-order valence-electron chi connectivity index (χ4n) is 2.97. The number of benzene rings is 1. The standard InChI is InChI=1S/C17H24ClFN4/c1-11(2)9-21-17(20)22-10-13-6-7-23(3)16(13)12-4-5-14(18)15(19)8-12/h4-5,8,13,16H,1,6-7,9-10H2,2-3H3,(H3,20,21,22). The van der Waals surface area contributed by atoms with Gasteiger partial charge in [-0.05, 0) is 50.6 Å². The van der Waals surface area contributed by atoms with Crippen LogP contribution in [0.2, 0.25) is 5.02 Å². The van der Waals surface area contributed by atoms with Gasteiger partial charge in [0.1, 0.15) is 5.82 Å². The van der Waals surface area contributed by atoms with E-state index in [0.29, 0.717) is 25.0 Å². The van der Waals surface area contributed by atoms with Crippen LogP contribution in [0, 0.1) is 11.7 Å². The van der Waals surface area contributed by atoms with E-state index >= 15 is 0 Å². The highest BCUT2D eigenvalue weighted by Crippen LogP contribution is 2.36. The van der Waals surface area contributed by atoms with Gasteiger partial charge in [-0.3, -0.25) is 4.90 Å². The van der Waals surface area contributed by atoms with E-state index in [1.165, 1.54) is 6.07 Å². The van der Waals surface area contributed by atoms with Crippen molar-refractivity contribution in [2.24, 2.45) is 16.6 Å². The molecule has 0 radical (unpaired) electrons. The van der Waals surface area contributed by atoms with Crippen LogP contribution in [0.1, 0.15) is 24.9 Å². The zero-order chi connectivity index (χ0) is 17.0. The van der Waals surface area contributed by atoms with E-state index in [-0.39, 0.29) is 16.9 Å². The molecule has 126 valence electrons. The Hall–Kier alpha value is -1.59. The van der Waals surface area contributed by atoms with Crippen molar-refractivity contribution in [3.63, 3.8) is 0 Å². The summed E-state index contributed by atoms with van der Waals surface area (Å²) in [7, 11) is 2.05. The monoisotopic (exact) mass is 338 g/mol. The number of nitrogens with two attached hydrogens (primary N) is 1. The first-order valence-corrected chi connectivity index (χ1v) is 8.09. The molecule has 1 aromatic rings. The third kappa shape index (κ3) is 4.69. The molecule has 0 aliphatic carbocycles. The van der Waals surface area contributed by atoms with Crippen LogP contribution >= 0.6 is 11.6 Å². The van der Waals surface area contributed by atoms with Crippen molar-refractivity contribution < 1.29 is 4.39 Å². The van der Waals surface area contributed by atoms with Crippen LogP contribution in [0.15, 0.2) is 35.3 Å². The Bertz CT molecular complexity index is 602. The molecule has 4 nitrogen and oxygen atoms in total. The zero-order valence-corrected chi connectivity index (χ0v) is 14.4. The van der Waals surface area contributed by atoms with E-state index in [0.717, 1.165) is 24.1 Å². The number of hydrogen-bond donors (Lipinski definition) is 2. The van der Waals surface area contributed by atoms with E-state index < -0.39 is 0 Å². The van der Waals surface area contributed by atoms with Gasteiger partial charge in [0.2, 0.25) is 0 Å². The summed E-state index contributed by atoms with van der Waals surface area (Å²) in [6.45, 7) is 7.89. The lowest BCUT2D eigenvalue weighted by Crippen LogP contribution is -2.37. The van der Waals surface area contributed by atoms with Gasteiger partial charge in [0, 0.05) is 12.6 Å². The lowest BCUT2D eigenvalue weighted by atomic mass is 9.93. The van der Waals surface area contributed by atoms with Crippen LogP contribution < -0.4 is 11.1 Å². The van der Waals surface area contributed by atoms with E-state index in [4.69, 9.17) is 17.3 Å². The molecule has 0 amide bonds. The molecule has 23 heavy (non-hydrogen) atoms. The SMILES string of the molecule is C=C(C)CN=C(N)NCC1CCN(C)C1c1ccc(Cl)c(F)c1. The molecule has 1 aliphatic rings. The second-order valence-electron chi connectivity index (χ2n) is 6.19. The Kier molecular flexibility index (Phi) is 6.02. The van der Waals surface area contributed by atoms with Gasteiger partial charge in [-0.25, -0.2) is 9.38 Å². The predicted molar refractivity (Wildman–Crippen MR) is 94.2 cm³/mol. The van der Waals surface area contributed by atoms with Gasteiger partial charge in [-0.2, -0.15) is 0 Å². The minimum absolute atomic E-state index is 0.142. The summed E-state index contributed by atoms with van der Waals surface area (Å²) in [5.41, 5.74) is 7.77. The smallest absolute Gasteiger partial charge is 0.188 e. The quantitative estimate of drug-likeness (QED) is 0.493. The van der Waals surface area contributed by atoms with E-state index in [2.05, 4.69) is 28.8 Å². The third-order valence-electron chi connectivity index (χ3n) is 4.12. The molecule has 0 aromatic heterocycles. The average molecular weight is 339 g/mol. The van der Waals surface area contributed by atoms with Crippen LogP contribution in [0.5, 0.6) is 0 Å². The summed E-state index contributed by atoms with van der Waals surface area (Å²) in [6.07, 6.45) is 1.02. The Morgan fingerprint density at radius 1 is 1.57 bits per heavy atom. The van der Waals surface area contributed by atoms with Crippen LogP contribution in [0.3, 0.4) is 0 Å². The lowest BCUT2D eigenvalue weighted by Gasteiger charge is -2.26. The van der Waals surface area contributed by atoms with Crippen molar-refractivity contribution in [1.82, 2.24) is 10.2 Å². The lowest BCUT2D eigenvalue weighted by molar-refractivity contribution is 0.276. The molecule has 1 saturated heterocycles. The van der Waals surface area contributed by atoms with Crippen molar-refractivity contribution in [2.75, 3.05) is 26.7 Å². The maximum Gasteiger partial charge on any atom is 0.188 e. The molecular formula is C17H24ClFN4. The van der Waals surface area contributed by atoms with Gasteiger partial charge in [-0.1, -0.05) is 29.8 Å². The fraction of sp³-hybridized carbons (Fsp3) is 0.471. The number of nitrogens with one attached hydrogen (secondary N) is 1. The van der Waals surface area contributed by atoms with E-state index in [9.17, 15) is 4.39 Å². The Labute approximate surface area is 142 Å². The third-order valence-corrected chi connectivity index (χ3v) is 4.43. The summed E-state index contributed by atoms with van der Waals surface area (Å²) < 4.78 is 13.8. The number of nitrogens with zero attached hydrogens (tertiary/aromatic N) is 2. The second kappa shape index (κ2) is 7.79. The topological polar surface area (TPSA) is 53.6 Å². The molecule has 1 aromatic carbocycles. The highest BCUT2D eigenvalue weighted by molar-refractivity contribution is 6.30. The summed E-state index contributed by atoms with van der Waals surface area (Å²) in [5, 5.41) is 3.32. The highest BCUT2D eigenvalue weighted by atomic mass is 35.5. The molecule has 2 atom stereocenters. The number of rotatable bonds is 5. The van der Waals surface area contributed by atoms with Gasteiger partial charge >= 0.3 is 0 Å². The molecule has 1 aliphatic heterocycles. The van der Waals surface area contributed by atoms with Gasteiger partial charge < -0.3 is 11.1 Å². The van der Waals surface area contributed by atoms with Gasteiger partial charge in [-0.15, -0.1) is 0 Å². The van der Waals surface area contributed by atoms with E-state index in [1.54, 1.807) is 6.07 Å². The average Bonchev–Trinajstić information content (AvgIpc) is 2.87. The number of hydrogen-bond acceptors (Lipinski definition) is 2.